The summed E-state index contributed by atoms with van der Waals surface area (Å²) in [5, 5.41) is 0.404. The number of hydrogen-bond donors (Lipinski definition) is 1. The molecule has 3 amide bonds. The topological polar surface area (TPSA) is 104 Å². The van der Waals surface area contributed by atoms with Crippen LogP contribution in [0.15, 0.2) is 23.1 Å². The molecule has 1 atom stereocenters. The van der Waals surface area contributed by atoms with Gasteiger partial charge in [-0.25, -0.2) is 13.2 Å². The summed E-state index contributed by atoms with van der Waals surface area (Å²) in [4.78, 5) is 30.0. The van der Waals surface area contributed by atoms with Crippen molar-refractivity contribution in [3.05, 3.63) is 23.2 Å². The first-order valence-electron chi connectivity index (χ1n) is 10.2. The summed E-state index contributed by atoms with van der Waals surface area (Å²) in [5.41, 5.74) is 6.14. The minimum Gasteiger partial charge on any atom is -0.370 e. The average molecular weight is 455 g/mol. The number of nitrogens with zero attached hydrogens (tertiary/aromatic N) is 3. The Balaban J connectivity index is 1.36. The van der Waals surface area contributed by atoms with Crippen molar-refractivity contribution in [1.82, 2.24) is 9.80 Å². The van der Waals surface area contributed by atoms with Gasteiger partial charge in [0, 0.05) is 56.0 Å². The maximum Gasteiger partial charge on any atom is 0.320 e. The molecule has 3 heterocycles. The van der Waals surface area contributed by atoms with E-state index in [1.54, 1.807) is 17.0 Å². The number of halogens is 1. The van der Waals surface area contributed by atoms with Crippen molar-refractivity contribution in [2.45, 2.75) is 24.2 Å². The summed E-state index contributed by atoms with van der Waals surface area (Å²) >= 11 is 6.01. The van der Waals surface area contributed by atoms with Crippen molar-refractivity contribution in [3.63, 3.8) is 0 Å². The van der Waals surface area contributed by atoms with E-state index in [1.165, 1.54) is 12.3 Å². The lowest BCUT2D eigenvalue weighted by Crippen LogP contribution is -2.64. The summed E-state index contributed by atoms with van der Waals surface area (Å²) in [6, 6.07) is 4.99. The van der Waals surface area contributed by atoms with Crippen LogP contribution in [0.1, 0.15) is 19.3 Å². The highest BCUT2D eigenvalue weighted by atomic mass is 35.5. The number of primary amides is 1. The Hall–Kier alpha value is -2.00. The molecular formula is C20H27ClN4O4S. The minimum atomic E-state index is -3.38. The highest BCUT2D eigenvalue weighted by molar-refractivity contribution is 7.90. The van der Waals surface area contributed by atoms with Crippen LogP contribution in [0.4, 0.5) is 10.5 Å². The first kappa shape index (κ1) is 21.2. The highest BCUT2D eigenvalue weighted by Crippen LogP contribution is 2.43. The summed E-state index contributed by atoms with van der Waals surface area (Å²) in [6.45, 7) is 3.87. The zero-order valence-corrected chi connectivity index (χ0v) is 18.6. The summed E-state index contributed by atoms with van der Waals surface area (Å²) in [5.74, 6) is -0.579. The average Bonchev–Trinajstić information content (AvgIpc) is 3.16. The fourth-order valence-electron chi connectivity index (χ4n) is 4.85. The molecule has 8 nitrogen and oxygen atoms in total. The lowest BCUT2D eigenvalue weighted by molar-refractivity contribution is -0.121. The zero-order chi connectivity index (χ0) is 21.7. The fraction of sp³-hybridized carbons (Fsp3) is 0.600. The third kappa shape index (κ3) is 3.97. The van der Waals surface area contributed by atoms with Gasteiger partial charge in [0.15, 0.2) is 9.84 Å². The third-order valence-electron chi connectivity index (χ3n) is 6.67. The van der Waals surface area contributed by atoms with Crippen LogP contribution in [0.25, 0.3) is 0 Å². The molecule has 1 aromatic rings. The van der Waals surface area contributed by atoms with E-state index in [0.29, 0.717) is 43.3 Å². The number of urea groups is 1. The molecule has 2 N–H and O–H groups in total. The van der Waals surface area contributed by atoms with Crippen LogP contribution in [-0.4, -0.2) is 75.7 Å². The van der Waals surface area contributed by atoms with Gasteiger partial charge in [-0.3, -0.25) is 4.79 Å². The summed E-state index contributed by atoms with van der Waals surface area (Å²) in [6.07, 6.45) is 3.63. The van der Waals surface area contributed by atoms with Gasteiger partial charge in [0.2, 0.25) is 5.91 Å². The van der Waals surface area contributed by atoms with E-state index in [4.69, 9.17) is 17.3 Å². The molecule has 1 aromatic carbocycles. The monoisotopic (exact) mass is 454 g/mol. The van der Waals surface area contributed by atoms with Crippen LogP contribution < -0.4 is 10.6 Å². The molecule has 3 saturated heterocycles. The van der Waals surface area contributed by atoms with E-state index in [9.17, 15) is 18.0 Å². The van der Waals surface area contributed by atoms with Gasteiger partial charge in [-0.05, 0) is 37.5 Å². The van der Waals surface area contributed by atoms with Crippen molar-refractivity contribution in [2.75, 3.05) is 50.4 Å². The van der Waals surface area contributed by atoms with Crippen LogP contribution in [-0.2, 0) is 14.6 Å². The molecular weight excluding hydrogens is 428 g/mol. The van der Waals surface area contributed by atoms with Crippen molar-refractivity contribution >= 4 is 39.1 Å². The van der Waals surface area contributed by atoms with Crippen LogP contribution in [0.2, 0.25) is 5.02 Å². The molecule has 3 aliphatic heterocycles. The Bertz CT molecular complexity index is 967. The van der Waals surface area contributed by atoms with E-state index in [2.05, 4.69) is 4.90 Å². The van der Waals surface area contributed by atoms with Gasteiger partial charge >= 0.3 is 6.03 Å². The molecule has 3 aliphatic rings. The van der Waals surface area contributed by atoms with Gasteiger partial charge in [0.1, 0.15) is 0 Å². The second-order valence-corrected chi connectivity index (χ2v) is 11.3. The zero-order valence-electron chi connectivity index (χ0n) is 17.0. The number of carbonyl (C=O) groups excluding carboxylic acids is 2. The standard InChI is InChI=1S/C20H27ClN4O4S/c1-30(28,29)17-10-15(21)2-3-16(17)23-8-5-20(6-9-23)12-25(13-20)19(27)24-7-4-14(11-24)18(22)26/h2-3,10,14H,4-9,11-13H2,1H3,(H2,22,26)/t14-/m0/s1. The number of anilines is 1. The minimum absolute atomic E-state index is 0.0103. The third-order valence-corrected chi connectivity index (χ3v) is 8.03. The first-order valence-corrected chi connectivity index (χ1v) is 12.4. The van der Waals surface area contributed by atoms with Gasteiger partial charge < -0.3 is 20.4 Å². The largest absolute Gasteiger partial charge is 0.370 e. The summed E-state index contributed by atoms with van der Waals surface area (Å²) < 4.78 is 24.4. The molecule has 164 valence electrons. The number of benzene rings is 1. The molecule has 1 spiro atoms. The Morgan fingerprint density at radius 1 is 1.13 bits per heavy atom. The molecule has 0 aliphatic carbocycles. The number of amides is 3. The number of sulfone groups is 1. The highest BCUT2D eigenvalue weighted by Gasteiger charge is 2.48. The Kier molecular flexibility index (Phi) is 5.38. The van der Waals surface area contributed by atoms with Crippen LogP contribution in [0, 0.1) is 11.3 Å². The molecule has 4 rings (SSSR count). The number of nitrogens with two attached hydrogens (primary N) is 1. The molecule has 3 fully saturated rings. The number of rotatable bonds is 3. The molecule has 0 bridgehead atoms. The maximum atomic E-state index is 12.7. The number of carbonyl (C=O) groups is 2. The molecule has 0 saturated carbocycles. The lowest BCUT2D eigenvalue weighted by atomic mass is 9.72. The van der Waals surface area contributed by atoms with Crippen LogP contribution in [0.3, 0.4) is 0 Å². The second kappa shape index (κ2) is 7.60. The second-order valence-electron chi connectivity index (χ2n) is 8.84. The summed E-state index contributed by atoms with van der Waals surface area (Å²) in [7, 11) is -3.38. The van der Waals surface area contributed by atoms with Gasteiger partial charge in [-0.1, -0.05) is 11.6 Å². The predicted molar refractivity (Wildman–Crippen MR) is 114 cm³/mol. The Morgan fingerprint density at radius 3 is 2.37 bits per heavy atom. The smallest absolute Gasteiger partial charge is 0.320 e. The first-order chi connectivity index (χ1) is 14.1. The number of piperidine rings is 1. The predicted octanol–water partition coefficient (Wildman–Crippen LogP) is 1.57. The fourth-order valence-corrected chi connectivity index (χ4v) is 6.00. The van der Waals surface area contributed by atoms with Crippen molar-refractivity contribution < 1.29 is 18.0 Å². The quantitative estimate of drug-likeness (QED) is 0.746. The maximum absolute atomic E-state index is 12.7. The van der Waals surface area contributed by atoms with Crippen LogP contribution in [0.5, 0.6) is 0 Å². The molecule has 10 heteroatoms. The van der Waals surface area contributed by atoms with Crippen LogP contribution >= 0.6 is 11.6 Å². The SMILES string of the molecule is CS(=O)(=O)c1cc(Cl)ccc1N1CCC2(CC1)CN(C(=O)N1CC[C@H](C(N)=O)C1)C2. The molecule has 30 heavy (non-hydrogen) atoms. The van der Waals surface area contributed by atoms with Crippen molar-refractivity contribution in [1.29, 1.82) is 0 Å². The van der Waals surface area contributed by atoms with Gasteiger partial charge in [-0.15, -0.1) is 0 Å². The van der Waals surface area contributed by atoms with Gasteiger partial charge in [0.05, 0.1) is 16.5 Å². The number of likely N-dealkylation sites (tertiary alicyclic amines) is 2. The Labute approximate surface area is 181 Å². The van der Waals surface area contributed by atoms with E-state index in [-0.39, 0.29) is 28.2 Å². The number of hydrogen-bond acceptors (Lipinski definition) is 5. The van der Waals surface area contributed by atoms with E-state index in [0.717, 1.165) is 25.9 Å². The molecule has 0 radical (unpaired) electrons. The molecule has 0 aromatic heterocycles. The van der Waals surface area contributed by atoms with Gasteiger partial charge in [0.25, 0.3) is 0 Å². The van der Waals surface area contributed by atoms with E-state index in [1.807, 2.05) is 4.90 Å². The Morgan fingerprint density at radius 2 is 1.80 bits per heavy atom. The molecule has 0 unspecified atom stereocenters. The van der Waals surface area contributed by atoms with Gasteiger partial charge in [-0.2, -0.15) is 0 Å². The van der Waals surface area contributed by atoms with Crippen molar-refractivity contribution in [3.8, 4) is 0 Å². The van der Waals surface area contributed by atoms with Crippen molar-refractivity contribution in [2.24, 2.45) is 17.1 Å². The normalized spacial score (nSPS) is 23.5. The lowest BCUT2D eigenvalue weighted by Gasteiger charge is -2.54. The van der Waals surface area contributed by atoms with E-state index >= 15 is 0 Å². The van der Waals surface area contributed by atoms with E-state index < -0.39 is 9.84 Å².